The lowest BCUT2D eigenvalue weighted by Gasteiger charge is -2.39. The Kier molecular flexibility index (Phi) is 7.11. The molecule has 2 aromatic carbocycles. The highest BCUT2D eigenvalue weighted by Gasteiger charge is 2.44. The summed E-state index contributed by atoms with van der Waals surface area (Å²) in [7, 11) is 4.65. The maximum atomic E-state index is 13.6. The Balaban J connectivity index is 1.85. The Morgan fingerprint density at radius 2 is 1.61 bits per heavy atom. The van der Waals surface area contributed by atoms with E-state index in [1.807, 2.05) is 37.3 Å². The van der Waals surface area contributed by atoms with E-state index in [4.69, 9.17) is 18.9 Å². The van der Waals surface area contributed by atoms with E-state index in [1.165, 1.54) is 0 Å². The molecule has 1 atom stereocenters. The van der Waals surface area contributed by atoms with Crippen molar-refractivity contribution < 1.29 is 28.5 Å². The Labute approximate surface area is 212 Å². The highest BCUT2D eigenvalue weighted by Crippen LogP contribution is 2.50. The third kappa shape index (κ3) is 4.83. The topological polar surface area (TPSA) is 83.1 Å². The number of hydrogen-bond acceptors (Lipinski definition) is 7. The van der Waals surface area contributed by atoms with Crippen LogP contribution in [0.15, 0.2) is 65.0 Å². The van der Waals surface area contributed by atoms with Crippen LogP contribution in [0.25, 0.3) is 0 Å². The molecule has 0 saturated heterocycles. The van der Waals surface area contributed by atoms with E-state index in [0.29, 0.717) is 52.5 Å². The average molecular weight is 492 g/mol. The molecule has 190 valence electrons. The summed E-state index contributed by atoms with van der Waals surface area (Å²) in [6, 6.07) is 13.0. The zero-order valence-electron chi connectivity index (χ0n) is 21.7. The Morgan fingerprint density at radius 1 is 0.972 bits per heavy atom. The summed E-state index contributed by atoms with van der Waals surface area (Å²) in [5.74, 6) is 0.290. The predicted octanol–water partition coefficient (Wildman–Crippen LogP) is 5.06. The molecule has 1 aliphatic carbocycles. The van der Waals surface area contributed by atoms with Crippen LogP contribution in [-0.4, -0.2) is 33.1 Å². The Morgan fingerprint density at radius 3 is 2.25 bits per heavy atom. The molecule has 0 amide bonds. The third-order valence-electron chi connectivity index (χ3n) is 6.72. The molecule has 0 spiro atoms. The van der Waals surface area contributed by atoms with Gasteiger partial charge in [0.2, 0.25) is 0 Å². The van der Waals surface area contributed by atoms with Gasteiger partial charge in [0.1, 0.15) is 12.4 Å². The first kappa shape index (κ1) is 25.4. The number of carbonyl (C=O) groups excluding carboxylic acids is 2. The molecule has 1 aliphatic heterocycles. The van der Waals surface area contributed by atoms with Crippen LogP contribution in [0.4, 0.5) is 0 Å². The molecular formula is C29H33NO6. The average Bonchev–Trinajstić information content (AvgIpc) is 2.85. The second kappa shape index (κ2) is 10.1. The smallest absolute Gasteiger partial charge is 0.337 e. The molecular weight excluding hydrogens is 458 g/mol. The van der Waals surface area contributed by atoms with Gasteiger partial charge in [-0.15, -0.1) is 0 Å². The van der Waals surface area contributed by atoms with Crippen molar-refractivity contribution in [2.45, 2.75) is 46.1 Å². The van der Waals surface area contributed by atoms with Gasteiger partial charge in [0.15, 0.2) is 17.3 Å². The normalized spacial score (nSPS) is 18.8. The van der Waals surface area contributed by atoms with Crippen LogP contribution in [0.1, 0.15) is 50.7 Å². The lowest BCUT2D eigenvalue weighted by Crippen LogP contribution is -2.38. The number of Topliss-reactive ketones (excluding diaryl/α,β-unsaturated/α-hetero) is 1. The summed E-state index contributed by atoms with van der Waals surface area (Å²) in [4.78, 5) is 27.2. The van der Waals surface area contributed by atoms with Crippen molar-refractivity contribution >= 4 is 11.8 Å². The third-order valence-corrected chi connectivity index (χ3v) is 6.72. The number of ether oxygens (including phenoxy) is 4. The molecule has 0 saturated carbocycles. The number of hydrogen-bond donors (Lipinski definition) is 1. The van der Waals surface area contributed by atoms with Gasteiger partial charge in [0.25, 0.3) is 0 Å². The highest BCUT2D eigenvalue weighted by molar-refractivity contribution is 6.04. The zero-order chi connectivity index (χ0) is 26.0. The number of carbonyl (C=O) groups is 2. The Hall–Kier alpha value is -3.74. The van der Waals surface area contributed by atoms with E-state index in [9.17, 15) is 9.59 Å². The van der Waals surface area contributed by atoms with Gasteiger partial charge in [-0.05, 0) is 30.4 Å². The van der Waals surface area contributed by atoms with Crippen LogP contribution >= 0.6 is 0 Å². The van der Waals surface area contributed by atoms with Crippen LogP contribution in [0.2, 0.25) is 0 Å². The van der Waals surface area contributed by atoms with Crippen molar-refractivity contribution in [1.82, 2.24) is 5.32 Å². The standard InChI is InChI=1S/C29H33NO6/c1-17-25(28(32)36-16-18-10-8-7-9-11-18)26(27-20(30-17)14-29(2,3)15-21(27)31)19-12-23(34-5)24(35-6)13-22(19)33-4/h7-13,26,30H,14-16H2,1-6H3/t26-/m1/s1. The van der Waals surface area contributed by atoms with Crippen LogP contribution in [0.5, 0.6) is 17.2 Å². The number of rotatable bonds is 7. The minimum atomic E-state index is -0.678. The number of dihydropyridines is 1. The van der Waals surface area contributed by atoms with E-state index in [0.717, 1.165) is 11.3 Å². The number of ketones is 1. The van der Waals surface area contributed by atoms with Crippen molar-refractivity contribution in [2.75, 3.05) is 21.3 Å². The van der Waals surface area contributed by atoms with Gasteiger partial charge >= 0.3 is 5.97 Å². The molecule has 0 unspecified atom stereocenters. The molecule has 1 heterocycles. The quantitative estimate of drug-likeness (QED) is 0.542. The van der Waals surface area contributed by atoms with Crippen molar-refractivity contribution in [3.8, 4) is 17.2 Å². The lowest BCUT2D eigenvalue weighted by molar-refractivity contribution is -0.140. The van der Waals surface area contributed by atoms with E-state index in [2.05, 4.69) is 19.2 Å². The highest BCUT2D eigenvalue weighted by atomic mass is 16.5. The molecule has 7 nitrogen and oxygen atoms in total. The summed E-state index contributed by atoms with van der Waals surface area (Å²) in [6.45, 7) is 6.12. The summed E-state index contributed by atoms with van der Waals surface area (Å²) in [5.41, 5.74) is 3.75. The van der Waals surface area contributed by atoms with E-state index in [1.54, 1.807) is 33.5 Å². The number of esters is 1. The van der Waals surface area contributed by atoms with Gasteiger partial charge in [-0.3, -0.25) is 4.79 Å². The maximum Gasteiger partial charge on any atom is 0.337 e. The van der Waals surface area contributed by atoms with Gasteiger partial charge in [-0.2, -0.15) is 0 Å². The minimum Gasteiger partial charge on any atom is -0.496 e. The first-order valence-electron chi connectivity index (χ1n) is 11.9. The van der Waals surface area contributed by atoms with Crippen LogP contribution in [0, 0.1) is 5.41 Å². The van der Waals surface area contributed by atoms with Crippen LogP contribution < -0.4 is 19.5 Å². The lowest BCUT2D eigenvalue weighted by atomic mass is 9.68. The summed E-state index contributed by atoms with van der Waals surface area (Å²) < 4.78 is 22.5. The van der Waals surface area contributed by atoms with Crippen molar-refractivity contribution in [1.29, 1.82) is 0 Å². The first-order chi connectivity index (χ1) is 17.2. The fourth-order valence-electron chi connectivity index (χ4n) is 5.10. The maximum absolute atomic E-state index is 13.6. The van der Waals surface area contributed by atoms with Gasteiger partial charge in [-0.1, -0.05) is 44.2 Å². The second-order valence-corrected chi connectivity index (χ2v) is 9.94. The summed E-state index contributed by atoms with van der Waals surface area (Å²) in [6.07, 6.45) is 1.06. The predicted molar refractivity (Wildman–Crippen MR) is 136 cm³/mol. The molecule has 7 heteroatoms. The number of nitrogens with one attached hydrogen (secondary N) is 1. The molecule has 4 rings (SSSR count). The SMILES string of the molecule is COc1cc(OC)c([C@@H]2C(C(=O)OCc3ccccc3)=C(C)NC3=C2C(=O)CC(C)(C)C3)cc1OC. The van der Waals surface area contributed by atoms with Crippen molar-refractivity contribution in [3.63, 3.8) is 0 Å². The zero-order valence-corrected chi connectivity index (χ0v) is 21.7. The molecule has 1 N–H and O–H groups in total. The number of benzene rings is 2. The summed E-state index contributed by atoms with van der Waals surface area (Å²) in [5, 5.41) is 3.36. The molecule has 36 heavy (non-hydrogen) atoms. The first-order valence-corrected chi connectivity index (χ1v) is 11.9. The molecule has 2 aliphatic rings. The Bertz CT molecular complexity index is 1240. The number of methoxy groups -OCH3 is 3. The monoisotopic (exact) mass is 491 g/mol. The van der Waals surface area contributed by atoms with E-state index in [-0.39, 0.29) is 17.8 Å². The molecule has 0 bridgehead atoms. The molecule has 0 fully saturated rings. The van der Waals surface area contributed by atoms with Gasteiger partial charge in [0, 0.05) is 35.0 Å². The van der Waals surface area contributed by atoms with Gasteiger partial charge in [-0.25, -0.2) is 4.79 Å². The van der Waals surface area contributed by atoms with Crippen LogP contribution in [0.3, 0.4) is 0 Å². The fraction of sp³-hybridized carbons (Fsp3) is 0.379. The van der Waals surface area contributed by atoms with E-state index < -0.39 is 11.9 Å². The molecule has 0 radical (unpaired) electrons. The van der Waals surface area contributed by atoms with Crippen molar-refractivity contribution in [2.24, 2.45) is 5.41 Å². The fourth-order valence-corrected chi connectivity index (χ4v) is 5.10. The van der Waals surface area contributed by atoms with E-state index >= 15 is 0 Å². The second-order valence-electron chi connectivity index (χ2n) is 9.94. The molecule has 2 aromatic rings. The van der Waals surface area contributed by atoms with Gasteiger partial charge < -0.3 is 24.3 Å². The minimum absolute atomic E-state index is 0.00329. The largest absolute Gasteiger partial charge is 0.496 e. The van der Waals surface area contributed by atoms with Crippen LogP contribution in [-0.2, 0) is 20.9 Å². The van der Waals surface area contributed by atoms with Gasteiger partial charge in [0.05, 0.1) is 32.8 Å². The molecule has 0 aromatic heterocycles. The summed E-state index contributed by atoms with van der Waals surface area (Å²) >= 11 is 0. The van der Waals surface area contributed by atoms with Crippen molar-refractivity contribution in [3.05, 3.63) is 76.1 Å². The number of allylic oxidation sites excluding steroid dienone is 3.